The summed E-state index contributed by atoms with van der Waals surface area (Å²) >= 11 is 4.05. The summed E-state index contributed by atoms with van der Waals surface area (Å²) in [6.07, 6.45) is 3.41. The molecule has 7 heavy (non-hydrogen) atoms. The van der Waals surface area contributed by atoms with E-state index in [9.17, 15) is 0 Å². The Morgan fingerprint density at radius 2 is 2.57 bits per heavy atom. The first-order valence-electron chi connectivity index (χ1n) is 1.96. The van der Waals surface area contributed by atoms with Crippen LogP contribution in [0.2, 0.25) is 0 Å². The van der Waals surface area contributed by atoms with Gasteiger partial charge in [0.25, 0.3) is 0 Å². The summed E-state index contributed by atoms with van der Waals surface area (Å²) in [7, 11) is 1.90. The van der Waals surface area contributed by atoms with Crippen molar-refractivity contribution in [1.82, 2.24) is 9.55 Å². The maximum Gasteiger partial charge on any atom is 0.0952 e. The molecule has 0 saturated heterocycles. The zero-order valence-corrected chi connectivity index (χ0v) is 4.89. The zero-order valence-electron chi connectivity index (χ0n) is 4.00. The monoisotopic (exact) mass is 114 g/mol. The Balaban J connectivity index is 3.12. The molecule has 0 bridgehead atoms. The highest BCUT2D eigenvalue weighted by molar-refractivity contribution is 7.80. The van der Waals surface area contributed by atoms with Gasteiger partial charge in [0.05, 0.1) is 17.6 Å². The maximum atomic E-state index is 4.05. The van der Waals surface area contributed by atoms with Gasteiger partial charge in [0.15, 0.2) is 0 Å². The molecule has 0 unspecified atom stereocenters. The van der Waals surface area contributed by atoms with Crippen molar-refractivity contribution >= 4 is 12.6 Å². The summed E-state index contributed by atoms with van der Waals surface area (Å²) in [6.45, 7) is 0. The van der Waals surface area contributed by atoms with E-state index in [2.05, 4.69) is 17.6 Å². The summed E-state index contributed by atoms with van der Waals surface area (Å²) in [5, 5.41) is 0.889. The number of rotatable bonds is 0. The van der Waals surface area contributed by atoms with E-state index in [4.69, 9.17) is 0 Å². The zero-order chi connectivity index (χ0) is 5.28. The lowest BCUT2D eigenvalue weighted by molar-refractivity contribution is 0.827. The van der Waals surface area contributed by atoms with E-state index in [0.29, 0.717) is 0 Å². The van der Waals surface area contributed by atoms with Gasteiger partial charge in [-0.05, 0) is 0 Å². The second kappa shape index (κ2) is 1.58. The SMILES string of the molecule is Cn1cncc1S. The quantitative estimate of drug-likeness (QED) is 0.492. The van der Waals surface area contributed by atoms with E-state index in [1.54, 1.807) is 12.5 Å². The second-order valence-electron chi connectivity index (χ2n) is 1.36. The summed E-state index contributed by atoms with van der Waals surface area (Å²) in [4.78, 5) is 3.81. The maximum absolute atomic E-state index is 4.05. The van der Waals surface area contributed by atoms with Crippen molar-refractivity contribution in [2.24, 2.45) is 7.05 Å². The molecule has 2 nitrogen and oxygen atoms in total. The summed E-state index contributed by atoms with van der Waals surface area (Å²) in [5.41, 5.74) is 0. The molecule has 0 N–H and O–H groups in total. The van der Waals surface area contributed by atoms with Gasteiger partial charge in [-0.25, -0.2) is 4.98 Å². The first-order chi connectivity index (χ1) is 3.30. The van der Waals surface area contributed by atoms with Crippen molar-refractivity contribution in [2.75, 3.05) is 0 Å². The molecular formula is C4H6N2S. The van der Waals surface area contributed by atoms with Crippen LogP contribution in [0.3, 0.4) is 0 Å². The third-order valence-electron chi connectivity index (χ3n) is 0.791. The van der Waals surface area contributed by atoms with E-state index < -0.39 is 0 Å². The lowest BCUT2D eigenvalue weighted by Gasteiger charge is -1.86. The van der Waals surface area contributed by atoms with Crippen LogP contribution in [0.15, 0.2) is 17.6 Å². The molecule has 1 aromatic heterocycles. The lowest BCUT2D eigenvalue weighted by atomic mass is 10.9. The fraction of sp³-hybridized carbons (Fsp3) is 0.250. The highest BCUT2D eigenvalue weighted by Gasteiger charge is 1.84. The Bertz CT molecular complexity index is 142. The van der Waals surface area contributed by atoms with Gasteiger partial charge in [-0.15, -0.1) is 12.6 Å². The van der Waals surface area contributed by atoms with Gasteiger partial charge < -0.3 is 4.57 Å². The van der Waals surface area contributed by atoms with E-state index in [-0.39, 0.29) is 0 Å². The molecular weight excluding hydrogens is 108 g/mol. The predicted molar refractivity (Wildman–Crippen MR) is 30.5 cm³/mol. The molecule has 0 amide bonds. The van der Waals surface area contributed by atoms with Gasteiger partial charge in [-0.1, -0.05) is 0 Å². The van der Waals surface area contributed by atoms with E-state index in [0.717, 1.165) is 5.03 Å². The Morgan fingerprint density at radius 1 is 1.86 bits per heavy atom. The minimum Gasteiger partial charge on any atom is -0.329 e. The Morgan fingerprint density at radius 3 is 2.71 bits per heavy atom. The molecule has 0 radical (unpaired) electrons. The molecule has 0 aliphatic carbocycles. The van der Waals surface area contributed by atoms with Gasteiger partial charge in [0, 0.05) is 7.05 Å². The fourth-order valence-electron chi connectivity index (χ4n) is 0.350. The molecule has 0 aromatic carbocycles. The summed E-state index contributed by atoms with van der Waals surface area (Å²) < 4.78 is 1.84. The van der Waals surface area contributed by atoms with Crippen molar-refractivity contribution in [1.29, 1.82) is 0 Å². The molecule has 0 aliphatic rings. The van der Waals surface area contributed by atoms with Gasteiger partial charge in [0.1, 0.15) is 0 Å². The van der Waals surface area contributed by atoms with Crippen LogP contribution >= 0.6 is 12.6 Å². The number of thiol groups is 1. The third kappa shape index (κ3) is 0.771. The van der Waals surface area contributed by atoms with E-state index >= 15 is 0 Å². The van der Waals surface area contributed by atoms with Crippen LogP contribution in [0, 0.1) is 0 Å². The number of hydrogen-bond acceptors (Lipinski definition) is 2. The smallest absolute Gasteiger partial charge is 0.0952 e. The minimum atomic E-state index is 0.889. The Kier molecular flexibility index (Phi) is 1.06. The third-order valence-corrected chi connectivity index (χ3v) is 1.22. The molecule has 1 aromatic rings. The number of aryl methyl sites for hydroxylation is 1. The van der Waals surface area contributed by atoms with Crippen LogP contribution in [0.4, 0.5) is 0 Å². The highest BCUT2D eigenvalue weighted by Crippen LogP contribution is 1.98. The predicted octanol–water partition coefficient (Wildman–Crippen LogP) is 0.709. The number of hydrogen-bond donors (Lipinski definition) is 1. The van der Waals surface area contributed by atoms with E-state index in [1.165, 1.54) is 0 Å². The van der Waals surface area contributed by atoms with Gasteiger partial charge in [-0.2, -0.15) is 0 Å². The van der Waals surface area contributed by atoms with Gasteiger partial charge >= 0.3 is 0 Å². The molecule has 0 spiro atoms. The molecule has 0 fully saturated rings. The normalized spacial score (nSPS) is 9.43. The van der Waals surface area contributed by atoms with Crippen LogP contribution in [0.5, 0.6) is 0 Å². The van der Waals surface area contributed by atoms with Crippen LogP contribution in [-0.2, 0) is 7.05 Å². The largest absolute Gasteiger partial charge is 0.329 e. The minimum absolute atomic E-state index is 0.889. The molecule has 3 heteroatoms. The molecule has 1 rings (SSSR count). The Labute approximate surface area is 47.6 Å². The van der Waals surface area contributed by atoms with Crippen LogP contribution in [0.1, 0.15) is 0 Å². The van der Waals surface area contributed by atoms with Crippen LogP contribution in [-0.4, -0.2) is 9.55 Å². The standard InChI is InChI=1S/C4H6N2S/c1-6-3-5-2-4(6)7/h2-3,7H,1H3. The van der Waals surface area contributed by atoms with Gasteiger partial charge in [0.2, 0.25) is 0 Å². The van der Waals surface area contributed by atoms with Crippen molar-refractivity contribution < 1.29 is 0 Å². The first kappa shape index (κ1) is 4.71. The molecule has 1 heterocycles. The van der Waals surface area contributed by atoms with Crippen molar-refractivity contribution in [3.05, 3.63) is 12.5 Å². The van der Waals surface area contributed by atoms with Crippen LogP contribution < -0.4 is 0 Å². The molecule has 0 atom stereocenters. The summed E-state index contributed by atoms with van der Waals surface area (Å²) in [5.74, 6) is 0. The van der Waals surface area contributed by atoms with Crippen molar-refractivity contribution in [3.8, 4) is 0 Å². The van der Waals surface area contributed by atoms with Crippen LogP contribution in [0.25, 0.3) is 0 Å². The van der Waals surface area contributed by atoms with Crippen molar-refractivity contribution in [3.63, 3.8) is 0 Å². The number of aromatic nitrogens is 2. The highest BCUT2D eigenvalue weighted by atomic mass is 32.1. The average molecular weight is 114 g/mol. The second-order valence-corrected chi connectivity index (χ2v) is 1.82. The molecule has 0 aliphatic heterocycles. The Hall–Kier alpha value is -0.440. The first-order valence-corrected chi connectivity index (χ1v) is 2.40. The lowest BCUT2D eigenvalue weighted by Crippen LogP contribution is -1.81. The average Bonchev–Trinajstić information content (AvgIpc) is 1.91. The number of imidazole rings is 1. The number of nitrogens with zero attached hydrogens (tertiary/aromatic N) is 2. The van der Waals surface area contributed by atoms with Gasteiger partial charge in [-0.3, -0.25) is 0 Å². The van der Waals surface area contributed by atoms with Crippen molar-refractivity contribution in [2.45, 2.75) is 5.03 Å². The molecule has 38 valence electrons. The summed E-state index contributed by atoms with van der Waals surface area (Å²) in [6, 6.07) is 0. The topological polar surface area (TPSA) is 17.8 Å². The van der Waals surface area contributed by atoms with E-state index in [1.807, 2.05) is 11.6 Å². The molecule has 0 saturated carbocycles. The fourth-order valence-corrected chi connectivity index (χ4v) is 0.469.